The maximum absolute atomic E-state index is 13.3. The third-order valence-corrected chi connectivity index (χ3v) is 8.30. The molecule has 3 rings (SSSR count). The van der Waals surface area contributed by atoms with Gasteiger partial charge in [-0.3, -0.25) is 4.79 Å². The van der Waals surface area contributed by atoms with Crippen molar-refractivity contribution in [2.75, 3.05) is 20.3 Å². The van der Waals surface area contributed by atoms with E-state index in [0.717, 1.165) is 11.3 Å². The van der Waals surface area contributed by atoms with Gasteiger partial charge in [0.25, 0.3) is 0 Å². The number of ether oxygens (including phenoxy) is 4. The number of halogens is 3. The average molecular weight is 695 g/mol. The molecule has 0 aliphatic heterocycles. The smallest absolute Gasteiger partial charge is 0.348 e. The van der Waals surface area contributed by atoms with Crippen LogP contribution in [0.25, 0.3) is 6.08 Å². The molecule has 220 valence electrons. The quantitative estimate of drug-likeness (QED) is 0.107. The molecule has 3 aromatic rings. The number of hydrogen-bond donors (Lipinski definition) is 0. The van der Waals surface area contributed by atoms with Crippen molar-refractivity contribution in [3.8, 4) is 17.6 Å². The van der Waals surface area contributed by atoms with E-state index in [1.807, 2.05) is 6.07 Å². The highest BCUT2D eigenvalue weighted by Crippen LogP contribution is 2.38. The third-order valence-electron chi connectivity index (χ3n) is 5.85. The minimum atomic E-state index is -0.656. The van der Waals surface area contributed by atoms with Gasteiger partial charge in [0, 0.05) is 26.9 Å². The zero-order valence-corrected chi connectivity index (χ0v) is 27.1. The number of carbonyl (C=O) groups excluding carboxylic acids is 3. The highest BCUT2D eigenvalue weighted by atomic mass is 79.9. The summed E-state index contributed by atoms with van der Waals surface area (Å²) in [6, 6.07) is 10.3. The van der Waals surface area contributed by atoms with Gasteiger partial charge in [-0.2, -0.15) is 5.26 Å². The van der Waals surface area contributed by atoms with E-state index in [1.165, 1.54) is 13.2 Å². The zero-order chi connectivity index (χ0) is 31.0. The summed E-state index contributed by atoms with van der Waals surface area (Å²) in [4.78, 5) is 38.9. The summed E-state index contributed by atoms with van der Waals surface area (Å²) >= 11 is 16.7. The molecule has 0 aliphatic carbocycles. The molecule has 0 aliphatic rings. The number of hydrogen-bond acceptors (Lipinski definition) is 9. The number of ketones is 1. The fourth-order valence-electron chi connectivity index (χ4n) is 3.89. The summed E-state index contributed by atoms with van der Waals surface area (Å²) in [6.07, 6.45) is 1.12. The molecule has 2 aromatic carbocycles. The lowest BCUT2D eigenvalue weighted by Gasteiger charge is -2.14. The number of methoxy groups -OCH3 is 1. The molecule has 0 N–H and O–H groups in total. The highest BCUT2D eigenvalue weighted by Gasteiger charge is 2.28. The normalized spacial score (nSPS) is 11.0. The van der Waals surface area contributed by atoms with Gasteiger partial charge in [0.05, 0.1) is 35.9 Å². The van der Waals surface area contributed by atoms with Crippen molar-refractivity contribution in [2.24, 2.45) is 0 Å². The minimum Gasteiger partial charge on any atom is -0.493 e. The molecule has 0 amide bonds. The van der Waals surface area contributed by atoms with Crippen LogP contribution in [-0.2, 0) is 27.3 Å². The van der Waals surface area contributed by atoms with Gasteiger partial charge in [-0.15, -0.1) is 11.3 Å². The number of carbonyl (C=O) groups is 3. The molecule has 12 heteroatoms. The number of esters is 2. The lowest BCUT2D eigenvalue weighted by Crippen LogP contribution is -2.12. The summed E-state index contributed by atoms with van der Waals surface area (Å²) in [6.45, 7) is 5.32. The van der Waals surface area contributed by atoms with Crippen molar-refractivity contribution < 1.29 is 33.3 Å². The minimum absolute atomic E-state index is 0.114. The summed E-state index contributed by atoms with van der Waals surface area (Å²) in [5, 5.41) is 10.8. The molecule has 8 nitrogen and oxygen atoms in total. The molecule has 0 spiro atoms. The molecule has 0 bridgehead atoms. The molecule has 1 aromatic heterocycles. The lowest BCUT2D eigenvalue weighted by atomic mass is 10.0. The van der Waals surface area contributed by atoms with Crippen molar-refractivity contribution in [3.05, 3.63) is 82.4 Å². The van der Waals surface area contributed by atoms with Crippen molar-refractivity contribution in [3.63, 3.8) is 0 Å². The van der Waals surface area contributed by atoms with Gasteiger partial charge in [0.15, 0.2) is 17.3 Å². The average Bonchev–Trinajstić information content (AvgIpc) is 3.27. The Bertz CT molecular complexity index is 1590. The number of nitrogens with zero attached hydrogens (tertiary/aromatic N) is 1. The first kappa shape index (κ1) is 33.1. The first-order valence-corrected chi connectivity index (χ1v) is 15.0. The van der Waals surface area contributed by atoms with E-state index < -0.39 is 17.7 Å². The largest absolute Gasteiger partial charge is 0.493 e. The summed E-state index contributed by atoms with van der Waals surface area (Å²) in [5.74, 6) is -1.06. The van der Waals surface area contributed by atoms with Crippen LogP contribution in [0, 0.1) is 18.3 Å². The van der Waals surface area contributed by atoms with E-state index in [4.69, 9.17) is 42.1 Å². The second-order valence-electron chi connectivity index (χ2n) is 8.62. The Labute approximate surface area is 265 Å². The Morgan fingerprint density at radius 3 is 2.38 bits per heavy atom. The maximum atomic E-state index is 13.3. The van der Waals surface area contributed by atoms with Crippen LogP contribution >= 0.6 is 50.5 Å². The molecule has 0 fully saturated rings. The Morgan fingerprint density at radius 1 is 1.07 bits per heavy atom. The number of benzene rings is 2. The van der Waals surface area contributed by atoms with Crippen LogP contribution in [0.4, 0.5) is 0 Å². The molecule has 0 saturated heterocycles. The standard InChI is InChI=1S/C30H26BrCl2NO7S/c1-5-39-29(36)26-16(3)28(30(37)40-6-2)42-25(26)13-23(35)19(14-34)9-17-10-21(31)27(24(11-17)38-4)41-15-18-7-8-20(32)12-22(18)33/h7-12H,5-6,13,15H2,1-4H3/b19-9+. The zero-order valence-electron chi connectivity index (χ0n) is 23.1. The fraction of sp³-hybridized carbons (Fsp3) is 0.267. The topological polar surface area (TPSA) is 112 Å². The van der Waals surface area contributed by atoms with Crippen molar-refractivity contribution in [1.82, 2.24) is 0 Å². The van der Waals surface area contributed by atoms with Crippen molar-refractivity contribution in [2.45, 2.75) is 33.8 Å². The lowest BCUT2D eigenvalue weighted by molar-refractivity contribution is -0.114. The third kappa shape index (κ3) is 7.92. The monoisotopic (exact) mass is 693 g/mol. The van der Waals surface area contributed by atoms with E-state index in [2.05, 4.69) is 15.9 Å². The number of Topliss-reactive ketones (excluding diaryl/α,β-unsaturated/α-hetero) is 1. The molecule has 0 saturated carbocycles. The van der Waals surface area contributed by atoms with E-state index in [9.17, 15) is 19.6 Å². The van der Waals surface area contributed by atoms with E-state index >= 15 is 0 Å². The Morgan fingerprint density at radius 2 is 1.76 bits per heavy atom. The number of allylic oxidation sites excluding steroid dienone is 1. The molecule has 0 atom stereocenters. The van der Waals surface area contributed by atoms with Crippen LogP contribution in [0.1, 0.15) is 55.4 Å². The molecule has 1 heterocycles. The van der Waals surface area contributed by atoms with Crippen LogP contribution in [-0.4, -0.2) is 38.0 Å². The summed E-state index contributed by atoms with van der Waals surface area (Å²) in [5.41, 5.74) is 1.53. The van der Waals surface area contributed by atoms with Crippen LogP contribution in [0.15, 0.2) is 40.4 Å². The van der Waals surface area contributed by atoms with Crippen LogP contribution in [0.3, 0.4) is 0 Å². The highest BCUT2D eigenvalue weighted by molar-refractivity contribution is 9.10. The number of thiophene rings is 1. The first-order valence-electron chi connectivity index (χ1n) is 12.6. The summed E-state index contributed by atoms with van der Waals surface area (Å²) < 4.78 is 22.2. The Balaban J connectivity index is 1.91. The Hall–Kier alpha value is -3.36. The van der Waals surface area contributed by atoms with E-state index in [-0.39, 0.29) is 42.3 Å². The summed E-state index contributed by atoms with van der Waals surface area (Å²) in [7, 11) is 1.46. The van der Waals surface area contributed by atoms with Crippen molar-refractivity contribution >= 4 is 74.3 Å². The molecular formula is C30H26BrCl2NO7S. The van der Waals surface area contributed by atoms with Gasteiger partial charge in [0.2, 0.25) is 0 Å². The predicted molar refractivity (Wildman–Crippen MR) is 165 cm³/mol. The first-order chi connectivity index (χ1) is 20.0. The second kappa shape index (κ2) is 15.2. The number of rotatable bonds is 12. The molecule has 42 heavy (non-hydrogen) atoms. The van der Waals surface area contributed by atoms with E-state index in [1.54, 1.807) is 51.1 Å². The van der Waals surface area contributed by atoms with Gasteiger partial charge < -0.3 is 18.9 Å². The maximum Gasteiger partial charge on any atom is 0.348 e. The molecule has 0 unspecified atom stereocenters. The van der Waals surface area contributed by atoms with Crippen LogP contribution < -0.4 is 9.47 Å². The van der Waals surface area contributed by atoms with Gasteiger partial charge in [-0.05, 0) is 78.2 Å². The van der Waals surface area contributed by atoms with Gasteiger partial charge in [0.1, 0.15) is 17.6 Å². The van der Waals surface area contributed by atoms with Crippen LogP contribution in [0.5, 0.6) is 11.5 Å². The van der Waals surface area contributed by atoms with E-state index in [0.29, 0.717) is 47.6 Å². The second-order valence-corrected chi connectivity index (χ2v) is 11.4. The van der Waals surface area contributed by atoms with Gasteiger partial charge in [-0.1, -0.05) is 29.3 Å². The van der Waals surface area contributed by atoms with Crippen molar-refractivity contribution in [1.29, 1.82) is 5.26 Å². The van der Waals surface area contributed by atoms with Gasteiger partial charge in [-0.25, -0.2) is 9.59 Å². The van der Waals surface area contributed by atoms with Gasteiger partial charge >= 0.3 is 11.9 Å². The number of nitriles is 1. The predicted octanol–water partition coefficient (Wildman–Crippen LogP) is 7.79. The van der Waals surface area contributed by atoms with Crippen LogP contribution in [0.2, 0.25) is 10.0 Å². The molecular weight excluding hydrogens is 669 g/mol. The Kier molecular flexibility index (Phi) is 12.0. The fourth-order valence-corrected chi connectivity index (χ4v) is 6.12. The SMILES string of the molecule is CCOC(=O)c1sc(CC(=O)/C(C#N)=C/c2cc(Br)c(OCc3ccc(Cl)cc3Cl)c(OC)c2)c(C(=O)OCC)c1C. The molecule has 0 radical (unpaired) electrons.